The van der Waals surface area contributed by atoms with Crippen LogP contribution in [-0.2, 0) is 4.79 Å². The first-order chi connectivity index (χ1) is 6.38. The van der Waals surface area contributed by atoms with E-state index in [0.717, 1.165) is 31.0 Å². The standard InChI is InChI=1S/C12H22O/c1-2-11-7-3-4-8-12(11)9-5-6-10-13/h10-12H,2-9H2,1H3. The number of aldehydes is 1. The first kappa shape index (κ1) is 10.7. The molecule has 0 aromatic carbocycles. The highest BCUT2D eigenvalue weighted by Crippen LogP contribution is 2.35. The lowest BCUT2D eigenvalue weighted by molar-refractivity contribution is -0.108. The maximum atomic E-state index is 10.2. The molecule has 0 heterocycles. The number of hydrogen-bond donors (Lipinski definition) is 0. The zero-order valence-electron chi connectivity index (χ0n) is 8.80. The minimum atomic E-state index is 0.771. The molecule has 0 aromatic rings. The average Bonchev–Trinajstić information content (AvgIpc) is 2.19. The summed E-state index contributed by atoms with van der Waals surface area (Å²) in [5.74, 6) is 1.89. The second kappa shape index (κ2) is 6.17. The zero-order chi connectivity index (χ0) is 9.52. The van der Waals surface area contributed by atoms with Gasteiger partial charge < -0.3 is 4.79 Å². The van der Waals surface area contributed by atoms with Crippen molar-refractivity contribution in [2.45, 2.75) is 58.3 Å². The summed E-state index contributed by atoms with van der Waals surface area (Å²) in [6.07, 6.45) is 11.3. The van der Waals surface area contributed by atoms with Gasteiger partial charge in [0.25, 0.3) is 0 Å². The van der Waals surface area contributed by atoms with Crippen LogP contribution in [0.2, 0.25) is 0 Å². The monoisotopic (exact) mass is 182 g/mol. The Morgan fingerprint density at radius 3 is 2.54 bits per heavy atom. The van der Waals surface area contributed by atoms with Crippen molar-refractivity contribution in [3.63, 3.8) is 0 Å². The third-order valence-electron chi connectivity index (χ3n) is 3.49. The Labute approximate surface area is 81.9 Å². The molecule has 1 nitrogen and oxygen atoms in total. The quantitative estimate of drug-likeness (QED) is 0.469. The molecule has 2 atom stereocenters. The van der Waals surface area contributed by atoms with Gasteiger partial charge in [0.1, 0.15) is 6.29 Å². The molecule has 0 N–H and O–H groups in total. The number of rotatable bonds is 5. The summed E-state index contributed by atoms with van der Waals surface area (Å²) in [5, 5.41) is 0. The van der Waals surface area contributed by atoms with Gasteiger partial charge in [0, 0.05) is 6.42 Å². The molecule has 2 unspecified atom stereocenters. The molecule has 0 saturated heterocycles. The van der Waals surface area contributed by atoms with Gasteiger partial charge in [-0.3, -0.25) is 0 Å². The lowest BCUT2D eigenvalue weighted by atomic mass is 9.75. The highest BCUT2D eigenvalue weighted by Gasteiger charge is 2.22. The van der Waals surface area contributed by atoms with Crippen LogP contribution in [0.25, 0.3) is 0 Å². The van der Waals surface area contributed by atoms with Crippen molar-refractivity contribution in [3.05, 3.63) is 0 Å². The van der Waals surface area contributed by atoms with Gasteiger partial charge >= 0.3 is 0 Å². The number of hydrogen-bond acceptors (Lipinski definition) is 1. The molecule has 76 valence electrons. The molecule has 1 aliphatic carbocycles. The number of unbranched alkanes of at least 4 members (excludes halogenated alkanes) is 1. The second-order valence-electron chi connectivity index (χ2n) is 4.31. The van der Waals surface area contributed by atoms with Crippen LogP contribution in [0.5, 0.6) is 0 Å². The third kappa shape index (κ3) is 3.50. The third-order valence-corrected chi connectivity index (χ3v) is 3.49. The first-order valence-corrected chi connectivity index (χ1v) is 5.82. The molecule has 1 heteroatoms. The van der Waals surface area contributed by atoms with E-state index in [1.807, 2.05) is 0 Å². The van der Waals surface area contributed by atoms with Gasteiger partial charge in [0.05, 0.1) is 0 Å². The summed E-state index contributed by atoms with van der Waals surface area (Å²) in [6.45, 7) is 2.31. The highest BCUT2D eigenvalue weighted by molar-refractivity contribution is 5.48. The number of carbonyl (C=O) groups is 1. The first-order valence-electron chi connectivity index (χ1n) is 5.82. The Bertz CT molecular complexity index is 142. The zero-order valence-corrected chi connectivity index (χ0v) is 8.80. The molecule has 0 aliphatic heterocycles. The van der Waals surface area contributed by atoms with Crippen LogP contribution < -0.4 is 0 Å². The predicted octanol–water partition coefficient (Wildman–Crippen LogP) is 3.57. The van der Waals surface area contributed by atoms with Gasteiger partial charge in [-0.1, -0.05) is 39.0 Å². The fraction of sp³-hybridized carbons (Fsp3) is 0.917. The lowest BCUT2D eigenvalue weighted by Gasteiger charge is -2.30. The van der Waals surface area contributed by atoms with Crippen molar-refractivity contribution < 1.29 is 4.79 Å². The summed E-state index contributed by atoms with van der Waals surface area (Å²) in [4.78, 5) is 10.2. The van der Waals surface area contributed by atoms with Crippen LogP contribution in [0.15, 0.2) is 0 Å². The largest absolute Gasteiger partial charge is 0.303 e. The van der Waals surface area contributed by atoms with Gasteiger partial charge in [-0.05, 0) is 24.7 Å². The molecule has 1 rings (SSSR count). The van der Waals surface area contributed by atoms with Crippen molar-refractivity contribution in [1.82, 2.24) is 0 Å². The summed E-state index contributed by atoms with van der Waals surface area (Å²) < 4.78 is 0. The Hall–Kier alpha value is -0.330. The summed E-state index contributed by atoms with van der Waals surface area (Å²) >= 11 is 0. The summed E-state index contributed by atoms with van der Waals surface area (Å²) in [5.41, 5.74) is 0. The second-order valence-corrected chi connectivity index (χ2v) is 4.31. The normalized spacial score (nSPS) is 28.7. The van der Waals surface area contributed by atoms with E-state index in [9.17, 15) is 4.79 Å². The Morgan fingerprint density at radius 1 is 1.23 bits per heavy atom. The smallest absolute Gasteiger partial charge is 0.119 e. The fourth-order valence-corrected chi connectivity index (χ4v) is 2.67. The Morgan fingerprint density at radius 2 is 1.92 bits per heavy atom. The topological polar surface area (TPSA) is 17.1 Å². The van der Waals surface area contributed by atoms with Gasteiger partial charge in [0.15, 0.2) is 0 Å². The highest BCUT2D eigenvalue weighted by atomic mass is 16.1. The minimum Gasteiger partial charge on any atom is -0.303 e. The van der Waals surface area contributed by atoms with E-state index in [1.54, 1.807) is 0 Å². The van der Waals surface area contributed by atoms with E-state index in [1.165, 1.54) is 38.5 Å². The van der Waals surface area contributed by atoms with E-state index in [0.29, 0.717) is 0 Å². The van der Waals surface area contributed by atoms with Gasteiger partial charge in [-0.15, -0.1) is 0 Å². The van der Waals surface area contributed by atoms with Crippen molar-refractivity contribution in [2.75, 3.05) is 0 Å². The van der Waals surface area contributed by atoms with Gasteiger partial charge in [-0.2, -0.15) is 0 Å². The van der Waals surface area contributed by atoms with Crippen molar-refractivity contribution in [3.8, 4) is 0 Å². The lowest BCUT2D eigenvalue weighted by Crippen LogP contribution is -2.18. The number of carbonyl (C=O) groups excluding carboxylic acids is 1. The van der Waals surface area contributed by atoms with E-state index in [4.69, 9.17) is 0 Å². The van der Waals surface area contributed by atoms with Crippen molar-refractivity contribution >= 4 is 6.29 Å². The van der Waals surface area contributed by atoms with E-state index in [-0.39, 0.29) is 0 Å². The van der Waals surface area contributed by atoms with Gasteiger partial charge in [-0.25, -0.2) is 0 Å². The SMILES string of the molecule is CCC1CCCCC1CCCC=O. The van der Waals surface area contributed by atoms with Crippen molar-refractivity contribution in [2.24, 2.45) is 11.8 Å². The van der Waals surface area contributed by atoms with Crippen LogP contribution in [-0.4, -0.2) is 6.29 Å². The van der Waals surface area contributed by atoms with E-state index < -0.39 is 0 Å². The molecule has 13 heavy (non-hydrogen) atoms. The summed E-state index contributed by atoms with van der Waals surface area (Å²) in [7, 11) is 0. The average molecular weight is 182 g/mol. The molecule has 0 radical (unpaired) electrons. The Balaban J connectivity index is 2.23. The molecule has 0 bridgehead atoms. The van der Waals surface area contributed by atoms with Crippen LogP contribution in [0.1, 0.15) is 58.3 Å². The van der Waals surface area contributed by atoms with Crippen LogP contribution in [0, 0.1) is 11.8 Å². The minimum absolute atomic E-state index is 0.771. The van der Waals surface area contributed by atoms with Crippen LogP contribution in [0.3, 0.4) is 0 Å². The predicted molar refractivity (Wildman–Crippen MR) is 55.7 cm³/mol. The molecular formula is C12H22O. The van der Waals surface area contributed by atoms with Crippen LogP contribution >= 0.6 is 0 Å². The Kier molecular flexibility index (Phi) is 5.10. The maximum Gasteiger partial charge on any atom is 0.119 e. The van der Waals surface area contributed by atoms with Gasteiger partial charge in [0.2, 0.25) is 0 Å². The maximum absolute atomic E-state index is 10.2. The molecule has 0 spiro atoms. The molecule has 0 aromatic heterocycles. The molecule has 1 fully saturated rings. The molecule has 0 amide bonds. The fourth-order valence-electron chi connectivity index (χ4n) is 2.67. The van der Waals surface area contributed by atoms with E-state index in [2.05, 4.69) is 6.92 Å². The van der Waals surface area contributed by atoms with E-state index >= 15 is 0 Å². The molecule has 1 aliphatic rings. The van der Waals surface area contributed by atoms with Crippen molar-refractivity contribution in [1.29, 1.82) is 0 Å². The summed E-state index contributed by atoms with van der Waals surface area (Å²) in [6, 6.07) is 0. The van der Waals surface area contributed by atoms with Crippen LogP contribution in [0.4, 0.5) is 0 Å². The molecule has 1 saturated carbocycles. The molecular weight excluding hydrogens is 160 g/mol.